The first-order chi connectivity index (χ1) is 13.0. The fourth-order valence-electron chi connectivity index (χ4n) is 2.81. The first-order valence-corrected chi connectivity index (χ1v) is 10.6. The quantitative estimate of drug-likeness (QED) is 0.532. The lowest BCUT2D eigenvalue weighted by Crippen LogP contribution is -2.45. The molecule has 1 amide bonds. The molecule has 1 fully saturated rings. The number of amides is 1. The summed E-state index contributed by atoms with van der Waals surface area (Å²) in [5, 5.41) is 3.17. The summed E-state index contributed by atoms with van der Waals surface area (Å²) >= 11 is 4.51. The van der Waals surface area contributed by atoms with Gasteiger partial charge in [0.15, 0.2) is 5.75 Å². The maximum atomic E-state index is 12.6. The number of hydrogen-bond donors (Lipinski definition) is 1. The molecule has 3 rings (SSSR count). The second-order valence-electron chi connectivity index (χ2n) is 6.19. The van der Waals surface area contributed by atoms with Crippen LogP contribution in [0.1, 0.15) is 5.56 Å². The average molecular weight is 590 g/mol. The van der Waals surface area contributed by atoms with Gasteiger partial charge in [0.25, 0.3) is 0 Å². The van der Waals surface area contributed by atoms with Gasteiger partial charge in [0, 0.05) is 18.8 Å². The van der Waals surface area contributed by atoms with Crippen LogP contribution in [0.3, 0.4) is 0 Å². The van der Waals surface area contributed by atoms with Crippen LogP contribution in [0.4, 0.5) is 0 Å². The van der Waals surface area contributed by atoms with Gasteiger partial charge in [0.05, 0.1) is 27.2 Å². The molecule has 142 valence electrons. The Morgan fingerprint density at radius 1 is 1.19 bits per heavy atom. The predicted octanol–water partition coefficient (Wildman–Crippen LogP) is 4.18. The summed E-state index contributed by atoms with van der Waals surface area (Å²) < 4.78 is 13.2. The molecule has 0 saturated carbocycles. The van der Waals surface area contributed by atoms with Gasteiger partial charge in [-0.25, -0.2) is 0 Å². The Balaban J connectivity index is 1.72. The van der Waals surface area contributed by atoms with E-state index in [4.69, 9.17) is 9.47 Å². The fourth-order valence-corrected chi connectivity index (χ4v) is 4.92. The van der Waals surface area contributed by atoms with Gasteiger partial charge in [0.1, 0.15) is 11.5 Å². The van der Waals surface area contributed by atoms with Crippen molar-refractivity contribution in [2.45, 2.75) is 6.42 Å². The molecule has 0 unspecified atom stereocenters. The summed E-state index contributed by atoms with van der Waals surface area (Å²) in [6.45, 7) is 5.96. The van der Waals surface area contributed by atoms with Crippen LogP contribution in [0.25, 0.3) is 0 Å². The lowest BCUT2D eigenvalue weighted by atomic mass is 10.1. The SMILES string of the molecule is C=C1CN(C(=O)Cc2cc(I)c(Oc3ccc(OC)cc3)c(I)c2)CCN1. The molecule has 0 spiro atoms. The molecule has 0 aliphatic carbocycles. The zero-order valence-corrected chi connectivity index (χ0v) is 19.2. The molecule has 5 nitrogen and oxygen atoms in total. The number of nitrogens with zero attached hydrogens (tertiary/aromatic N) is 1. The van der Waals surface area contributed by atoms with Crippen molar-refractivity contribution in [3.05, 3.63) is 61.4 Å². The van der Waals surface area contributed by atoms with Crippen molar-refractivity contribution in [3.8, 4) is 17.2 Å². The van der Waals surface area contributed by atoms with Gasteiger partial charge in [-0.15, -0.1) is 0 Å². The van der Waals surface area contributed by atoms with Crippen molar-refractivity contribution in [2.24, 2.45) is 0 Å². The highest BCUT2D eigenvalue weighted by molar-refractivity contribution is 14.1. The van der Waals surface area contributed by atoms with E-state index < -0.39 is 0 Å². The van der Waals surface area contributed by atoms with Crippen LogP contribution >= 0.6 is 45.2 Å². The van der Waals surface area contributed by atoms with E-state index in [1.54, 1.807) is 7.11 Å². The zero-order chi connectivity index (χ0) is 19.4. The van der Waals surface area contributed by atoms with Crippen molar-refractivity contribution in [1.82, 2.24) is 10.2 Å². The van der Waals surface area contributed by atoms with Crippen molar-refractivity contribution in [3.63, 3.8) is 0 Å². The molecule has 2 aromatic carbocycles. The van der Waals surface area contributed by atoms with E-state index in [1.807, 2.05) is 41.3 Å². The third-order valence-electron chi connectivity index (χ3n) is 4.18. The molecular weight excluding hydrogens is 570 g/mol. The van der Waals surface area contributed by atoms with Crippen LogP contribution in [-0.4, -0.2) is 37.6 Å². The van der Waals surface area contributed by atoms with Crippen LogP contribution in [0.15, 0.2) is 48.7 Å². The number of nitrogens with one attached hydrogen (secondary N) is 1. The van der Waals surface area contributed by atoms with Gasteiger partial charge in [-0.05, 0) is 87.1 Å². The van der Waals surface area contributed by atoms with Crippen molar-refractivity contribution in [2.75, 3.05) is 26.7 Å². The number of carbonyl (C=O) groups excluding carboxylic acids is 1. The molecule has 27 heavy (non-hydrogen) atoms. The van der Waals surface area contributed by atoms with E-state index >= 15 is 0 Å². The maximum absolute atomic E-state index is 12.6. The maximum Gasteiger partial charge on any atom is 0.227 e. The zero-order valence-electron chi connectivity index (χ0n) is 14.9. The summed E-state index contributed by atoms with van der Waals surface area (Å²) in [7, 11) is 1.64. The molecule has 0 aromatic heterocycles. The second kappa shape index (κ2) is 9.13. The molecular formula is C20H20I2N2O3. The van der Waals surface area contributed by atoms with E-state index in [0.29, 0.717) is 19.5 Å². The van der Waals surface area contributed by atoms with E-state index in [9.17, 15) is 4.79 Å². The Morgan fingerprint density at radius 2 is 1.81 bits per heavy atom. The summed E-state index contributed by atoms with van der Waals surface area (Å²) in [5.41, 5.74) is 1.88. The Morgan fingerprint density at radius 3 is 2.41 bits per heavy atom. The van der Waals surface area contributed by atoms with Crippen LogP contribution < -0.4 is 14.8 Å². The van der Waals surface area contributed by atoms with Crippen molar-refractivity contribution < 1.29 is 14.3 Å². The average Bonchev–Trinajstić information content (AvgIpc) is 2.65. The summed E-state index contributed by atoms with van der Waals surface area (Å²) in [5.74, 6) is 2.45. The number of piperazine rings is 1. The van der Waals surface area contributed by atoms with Gasteiger partial charge in [0.2, 0.25) is 5.91 Å². The number of methoxy groups -OCH3 is 1. The van der Waals surface area contributed by atoms with Crippen LogP contribution in [-0.2, 0) is 11.2 Å². The molecule has 0 bridgehead atoms. The van der Waals surface area contributed by atoms with Crippen LogP contribution in [0, 0.1) is 7.14 Å². The predicted molar refractivity (Wildman–Crippen MR) is 122 cm³/mol. The third kappa shape index (κ3) is 5.28. The molecule has 7 heteroatoms. The highest BCUT2D eigenvalue weighted by Crippen LogP contribution is 2.33. The van der Waals surface area contributed by atoms with Gasteiger partial charge in [-0.2, -0.15) is 0 Å². The fraction of sp³-hybridized carbons (Fsp3) is 0.250. The smallest absolute Gasteiger partial charge is 0.227 e. The Kier molecular flexibility index (Phi) is 6.85. The van der Waals surface area contributed by atoms with E-state index in [-0.39, 0.29) is 5.91 Å². The second-order valence-corrected chi connectivity index (χ2v) is 8.51. The van der Waals surface area contributed by atoms with E-state index in [0.717, 1.165) is 42.2 Å². The van der Waals surface area contributed by atoms with Crippen LogP contribution in [0.5, 0.6) is 17.2 Å². The Labute approximate surface area is 186 Å². The number of benzene rings is 2. The first-order valence-electron chi connectivity index (χ1n) is 8.45. The molecule has 0 radical (unpaired) electrons. The van der Waals surface area contributed by atoms with Crippen molar-refractivity contribution in [1.29, 1.82) is 0 Å². The largest absolute Gasteiger partial charge is 0.497 e. The standard InChI is InChI=1S/C20H20I2N2O3/c1-13-12-24(8-7-23-13)19(25)11-14-9-17(21)20(18(22)10-14)27-16-5-3-15(26-2)4-6-16/h3-6,9-10,23H,1,7-8,11-12H2,2H3. The summed E-state index contributed by atoms with van der Waals surface area (Å²) in [6.07, 6.45) is 0.377. The number of hydrogen-bond acceptors (Lipinski definition) is 4. The minimum Gasteiger partial charge on any atom is -0.497 e. The number of halogens is 2. The number of carbonyl (C=O) groups is 1. The Bertz CT molecular complexity index is 830. The number of rotatable bonds is 5. The minimum absolute atomic E-state index is 0.119. The summed E-state index contributed by atoms with van der Waals surface area (Å²) in [6, 6.07) is 11.5. The topological polar surface area (TPSA) is 50.8 Å². The van der Waals surface area contributed by atoms with Gasteiger partial charge in [-0.3, -0.25) is 4.79 Å². The Hall–Kier alpha value is -1.49. The lowest BCUT2D eigenvalue weighted by molar-refractivity contribution is -0.130. The van der Waals surface area contributed by atoms with Gasteiger partial charge < -0.3 is 19.7 Å². The highest BCUT2D eigenvalue weighted by atomic mass is 127. The monoisotopic (exact) mass is 590 g/mol. The normalized spacial score (nSPS) is 13.9. The molecule has 2 aromatic rings. The van der Waals surface area contributed by atoms with Crippen molar-refractivity contribution >= 4 is 51.1 Å². The summed E-state index contributed by atoms with van der Waals surface area (Å²) in [4.78, 5) is 14.4. The molecule has 1 saturated heterocycles. The van der Waals surface area contributed by atoms with Gasteiger partial charge in [-0.1, -0.05) is 6.58 Å². The minimum atomic E-state index is 0.119. The molecule has 1 N–H and O–H groups in total. The van der Waals surface area contributed by atoms with Gasteiger partial charge >= 0.3 is 0 Å². The third-order valence-corrected chi connectivity index (χ3v) is 5.79. The lowest BCUT2D eigenvalue weighted by Gasteiger charge is -2.29. The highest BCUT2D eigenvalue weighted by Gasteiger charge is 2.19. The first kappa shape index (κ1) is 20.2. The molecule has 0 atom stereocenters. The molecule has 1 aliphatic heterocycles. The molecule has 1 aliphatic rings. The van der Waals surface area contributed by atoms with E-state index in [2.05, 4.69) is 57.1 Å². The number of ether oxygens (including phenoxy) is 2. The van der Waals surface area contributed by atoms with Crippen LogP contribution in [0.2, 0.25) is 0 Å². The molecule has 1 heterocycles. The van der Waals surface area contributed by atoms with E-state index in [1.165, 1.54) is 0 Å².